The molecule has 0 saturated heterocycles. The van der Waals surface area contributed by atoms with Crippen LogP contribution in [-0.4, -0.2) is 38.8 Å². The van der Waals surface area contributed by atoms with E-state index in [1.807, 2.05) is 29.8 Å². The first-order valence-corrected chi connectivity index (χ1v) is 10.6. The van der Waals surface area contributed by atoms with Gasteiger partial charge in [-0.25, -0.2) is 8.42 Å². The van der Waals surface area contributed by atoms with Crippen molar-refractivity contribution < 1.29 is 8.42 Å². The lowest BCUT2D eigenvalue weighted by atomic mass is 10.1. The lowest BCUT2D eigenvalue weighted by Crippen LogP contribution is -2.38. The number of sulfone groups is 1. The average molecular weight is 545 g/mol. The standard InChI is InChI=1S/C17H22Cl2N4O2S.HI/c1-20-17(22-11-13-10-15(18)16(19)23(13)2)21-9-8-12-4-6-14(7-5-12)26(3,24)25;/h4-7,10H,8-9,11H2,1-3H3,(H2,20,21,22);1H. The molecule has 1 heterocycles. The Morgan fingerprint density at radius 3 is 2.30 bits per heavy atom. The van der Waals surface area contributed by atoms with Crippen LogP contribution in [0.15, 0.2) is 40.2 Å². The largest absolute Gasteiger partial charge is 0.356 e. The van der Waals surface area contributed by atoms with Gasteiger partial charge in [0, 0.05) is 32.6 Å². The number of rotatable bonds is 6. The first-order valence-electron chi connectivity index (χ1n) is 7.95. The number of hydrogen-bond acceptors (Lipinski definition) is 3. The van der Waals surface area contributed by atoms with Crippen molar-refractivity contribution >= 4 is 63.0 Å². The van der Waals surface area contributed by atoms with E-state index in [0.717, 1.165) is 17.7 Å². The molecule has 2 aromatic rings. The molecule has 0 aliphatic rings. The normalized spacial score (nSPS) is 11.8. The molecule has 0 bridgehead atoms. The van der Waals surface area contributed by atoms with Crippen LogP contribution in [0.2, 0.25) is 10.2 Å². The molecule has 0 radical (unpaired) electrons. The van der Waals surface area contributed by atoms with Crippen LogP contribution in [0.5, 0.6) is 0 Å². The molecule has 0 unspecified atom stereocenters. The monoisotopic (exact) mass is 544 g/mol. The van der Waals surface area contributed by atoms with Gasteiger partial charge in [-0.1, -0.05) is 35.3 Å². The number of nitrogens with one attached hydrogen (secondary N) is 2. The molecule has 0 spiro atoms. The highest BCUT2D eigenvalue weighted by atomic mass is 127. The van der Waals surface area contributed by atoms with Crippen LogP contribution in [-0.2, 0) is 29.9 Å². The maximum absolute atomic E-state index is 11.5. The molecule has 0 atom stereocenters. The van der Waals surface area contributed by atoms with Gasteiger partial charge in [0.05, 0.1) is 16.5 Å². The van der Waals surface area contributed by atoms with E-state index in [4.69, 9.17) is 23.2 Å². The molecular formula is C17H23Cl2IN4O2S. The van der Waals surface area contributed by atoms with E-state index >= 15 is 0 Å². The van der Waals surface area contributed by atoms with Gasteiger partial charge in [0.25, 0.3) is 0 Å². The van der Waals surface area contributed by atoms with E-state index < -0.39 is 9.84 Å². The lowest BCUT2D eigenvalue weighted by Gasteiger charge is -2.12. The van der Waals surface area contributed by atoms with Gasteiger partial charge in [0.15, 0.2) is 15.8 Å². The summed E-state index contributed by atoms with van der Waals surface area (Å²) in [6.07, 6.45) is 1.94. The van der Waals surface area contributed by atoms with Crippen LogP contribution >= 0.6 is 47.2 Å². The molecule has 0 fully saturated rings. The number of hydrogen-bond donors (Lipinski definition) is 2. The molecule has 6 nitrogen and oxygen atoms in total. The van der Waals surface area contributed by atoms with Crippen LogP contribution in [0.4, 0.5) is 0 Å². The Morgan fingerprint density at radius 1 is 1.19 bits per heavy atom. The van der Waals surface area contributed by atoms with Crippen molar-refractivity contribution in [2.75, 3.05) is 19.8 Å². The third kappa shape index (κ3) is 6.85. The quantitative estimate of drug-likeness (QED) is 0.332. The highest BCUT2D eigenvalue weighted by molar-refractivity contribution is 14.0. The average Bonchev–Trinajstić information content (AvgIpc) is 2.84. The van der Waals surface area contributed by atoms with E-state index in [-0.39, 0.29) is 24.0 Å². The van der Waals surface area contributed by atoms with E-state index in [2.05, 4.69) is 15.6 Å². The van der Waals surface area contributed by atoms with Gasteiger partial charge in [-0.3, -0.25) is 4.99 Å². The summed E-state index contributed by atoms with van der Waals surface area (Å²) in [5, 5.41) is 7.45. The minimum Gasteiger partial charge on any atom is -0.356 e. The van der Waals surface area contributed by atoms with Gasteiger partial charge < -0.3 is 15.2 Å². The summed E-state index contributed by atoms with van der Waals surface area (Å²) in [4.78, 5) is 4.51. The maximum atomic E-state index is 11.5. The fraction of sp³-hybridized carbons (Fsp3) is 0.353. The molecular weight excluding hydrogens is 522 g/mol. The minimum atomic E-state index is -3.16. The van der Waals surface area contributed by atoms with Crippen LogP contribution in [0, 0.1) is 0 Å². The molecule has 2 N–H and O–H groups in total. The fourth-order valence-electron chi connectivity index (χ4n) is 2.38. The first-order chi connectivity index (χ1) is 12.2. The van der Waals surface area contributed by atoms with E-state index in [0.29, 0.717) is 34.1 Å². The second kappa shape index (κ2) is 10.5. The molecule has 1 aromatic heterocycles. The first kappa shape index (κ1) is 24.1. The third-order valence-electron chi connectivity index (χ3n) is 3.93. The van der Waals surface area contributed by atoms with Crippen molar-refractivity contribution in [2.45, 2.75) is 17.9 Å². The van der Waals surface area contributed by atoms with Crippen molar-refractivity contribution in [3.8, 4) is 0 Å². The van der Waals surface area contributed by atoms with Crippen LogP contribution in [0.1, 0.15) is 11.3 Å². The third-order valence-corrected chi connectivity index (χ3v) is 5.90. The predicted octanol–water partition coefficient (Wildman–Crippen LogP) is 3.26. The SMILES string of the molecule is CN=C(NCCc1ccc(S(C)(=O)=O)cc1)NCc1cc(Cl)c(Cl)n1C.I. The summed E-state index contributed by atoms with van der Waals surface area (Å²) in [6.45, 7) is 1.19. The van der Waals surface area contributed by atoms with Gasteiger partial charge in [-0.2, -0.15) is 0 Å². The molecule has 0 aliphatic carbocycles. The van der Waals surface area contributed by atoms with Crippen LogP contribution in [0.3, 0.4) is 0 Å². The Hall–Kier alpha value is -0.970. The van der Waals surface area contributed by atoms with Crippen molar-refractivity contribution in [1.29, 1.82) is 0 Å². The van der Waals surface area contributed by atoms with Crippen molar-refractivity contribution in [1.82, 2.24) is 15.2 Å². The Labute approximate surface area is 187 Å². The fourth-order valence-corrected chi connectivity index (χ4v) is 3.43. The van der Waals surface area contributed by atoms with E-state index in [1.54, 1.807) is 19.2 Å². The molecule has 27 heavy (non-hydrogen) atoms. The van der Waals surface area contributed by atoms with Gasteiger partial charge in [0.2, 0.25) is 0 Å². The minimum absolute atomic E-state index is 0. The summed E-state index contributed by atoms with van der Waals surface area (Å²) >= 11 is 12.1. The van der Waals surface area contributed by atoms with E-state index in [1.165, 1.54) is 6.26 Å². The number of benzene rings is 1. The number of halogens is 3. The Morgan fingerprint density at radius 2 is 1.81 bits per heavy atom. The van der Waals surface area contributed by atoms with Gasteiger partial charge in [-0.15, -0.1) is 24.0 Å². The molecule has 10 heteroatoms. The van der Waals surface area contributed by atoms with Gasteiger partial charge in [0.1, 0.15) is 5.15 Å². The lowest BCUT2D eigenvalue weighted by molar-refractivity contribution is 0.602. The number of guanidine groups is 1. The molecule has 0 aliphatic heterocycles. The highest BCUT2D eigenvalue weighted by Gasteiger charge is 2.09. The Bertz CT molecular complexity index is 896. The van der Waals surface area contributed by atoms with Gasteiger partial charge >= 0.3 is 0 Å². The predicted molar refractivity (Wildman–Crippen MR) is 122 cm³/mol. The topological polar surface area (TPSA) is 75.5 Å². The molecule has 0 amide bonds. The summed E-state index contributed by atoms with van der Waals surface area (Å²) in [6, 6.07) is 8.71. The zero-order valence-electron chi connectivity index (χ0n) is 15.3. The molecule has 1 aromatic carbocycles. The van der Waals surface area contributed by atoms with Crippen molar-refractivity contribution in [3.05, 3.63) is 51.8 Å². The van der Waals surface area contributed by atoms with Crippen molar-refractivity contribution in [3.63, 3.8) is 0 Å². The molecule has 150 valence electrons. The zero-order chi connectivity index (χ0) is 19.3. The molecule has 2 rings (SSSR count). The smallest absolute Gasteiger partial charge is 0.191 e. The maximum Gasteiger partial charge on any atom is 0.191 e. The van der Waals surface area contributed by atoms with Crippen LogP contribution in [0.25, 0.3) is 0 Å². The van der Waals surface area contributed by atoms with Crippen LogP contribution < -0.4 is 10.6 Å². The highest BCUT2D eigenvalue weighted by Crippen LogP contribution is 2.24. The summed E-state index contributed by atoms with van der Waals surface area (Å²) < 4.78 is 24.7. The van der Waals surface area contributed by atoms with Gasteiger partial charge in [-0.05, 0) is 30.2 Å². The molecule has 0 saturated carbocycles. The second-order valence-corrected chi connectivity index (χ2v) is 8.63. The number of nitrogens with zero attached hydrogens (tertiary/aromatic N) is 2. The van der Waals surface area contributed by atoms with Crippen molar-refractivity contribution in [2.24, 2.45) is 12.0 Å². The summed E-state index contributed by atoms with van der Waals surface area (Å²) in [7, 11) is 0.383. The number of aliphatic imine (C=N–C) groups is 1. The summed E-state index contributed by atoms with van der Waals surface area (Å²) in [5.74, 6) is 0.659. The second-order valence-electron chi connectivity index (χ2n) is 5.85. The Balaban J connectivity index is 0.00000364. The van der Waals surface area contributed by atoms with E-state index in [9.17, 15) is 8.42 Å². The number of aromatic nitrogens is 1. The summed E-state index contributed by atoms with van der Waals surface area (Å²) in [5.41, 5.74) is 1.99. The Kier molecular flexibility index (Phi) is 9.40. The zero-order valence-corrected chi connectivity index (χ0v) is 20.0.